The van der Waals surface area contributed by atoms with Crippen molar-refractivity contribution in [3.8, 4) is 11.5 Å². The maximum Gasteiger partial charge on any atom is 0.274 e. The second kappa shape index (κ2) is 10.9. The molecule has 0 spiro atoms. The highest BCUT2D eigenvalue weighted by Gasteiger charge is 2.20. The van der Waals surface area contributed by atoms with Crippen molar-refractivity contribution in [2.75, 3.05) is 43.3 Å². The molecule has 3 aromatic rings. The van der Waals surface area contributed by atoms with Gasteiger partial charge in [-0.3, -0.25) is 14.2 Å². The summed E-state index contributed by atoms with van der Waals surface area (Å²) in [5, 5.41) is 4.09. The average Bonchev–Trinajstić information content (AvgIpc) is 3.22. The van der Waals surface area contributed by atoms with E-state index in [1.807, 2.05) is 27.7 Å². The van der Waals surface area contributed by atoms with Crippen molar-refractivity contribution in [1.29, 1.82) is 0 Å². The third kappa shape index (κ3) is 5.59. The third-order valence-corrected chi connectivity index (χ3v) is 6.98. The Bertz CT molecular complexity index is 1170. The van der Waals surface area contributed by atoms with Gasteiger partial charge in [0.2, 0.25) is 5.91 Å². The summed E-state index contributed by atoms with van der Waals surface area (Å²) in [7, 11) is 3.10. The number of thioether (sulfide) groups is 1. The van der Waals surface area contributed by atoms with Gasteiger partial charge in [0.15, 0.2) is 15.9 Å². The van der Waals surface area contributed by atoms with Crippen molar-refractivity contribution in [3.05, 3.63) is 28.6 Å². The van der Waals surface area contributed by atoms with E-state index < -0.39 is 0 Å². The Hall–Kier alpha value is -2.79. The summed E-state index contributed by atoms with van der Waals surface area (Å²) in [4.78, 5) is 37.2. The average molecular weight is 492 g/mol. The Morgan fingerprint density at radius 3 is 2.33 bits per heavy atom. The lowest BCUT2D eigenvalue weighted by atomic mass is 10.2. The number of nitrogens with one attached hydrogen (secondary N) is 1. The van der Waals surface area contributed by atoms with Gasteiger partial charge < -0.3 is 19.7 Å². The van der Waals surface area contributed by atoms with E-state index in [9.17, 15) is 9.59 Å². The predicted octanol–water partition coefficient (Wildman–Crippen LogP) is 4.03. The number of aromatic nitrogens is 3. The number of methoxy groups -OCH3 is 2. The van der Waals surface area contributed by atoms with E-state index in [2.05, 4.69) is 20.2 Å². The fraction of sp³-hybridized carbons (Fsp3) is 0.455. The standard InChI is InChI=1S/C22H29N5O4S2/c1-7-26(8-2)21-24-19-18(33-21)20(29)27(13(3)4)22(25-19)32-12-17(28)23-14-9-15(30-5)11-16(10-14)31-6/h9-11,13H,7-8,12H2,1-6H3,(H,23,28). The molecule has 1 amide bonds. The Morgan fingerprint density at radius 2 is 1.79 bits per heavy atom. The number of ether oxygens (including phenoxy) is 2. The molecule has 33 heavy (non-hydrogen) atoms. The third-order valence-electron chi connectivity index (χ3n) is 4.94. The van der Waals surface area contributed by atoms with Gasteiger partial charge in [0.25, 0.3) is 5.56 Å². The maximum atomic E-state index is 13.2. The van der Waals surface area contributed by atoms with E-state index in [1.165, 1.54) is 23.1 Å². The van der Waals surface area contributed by atoms with Gasteiger partial charge in [0.1, 0.15) is 16.2 Å². The number of hydrogen-bond acceptors (Lipinski definition) is 9. The summed E-state index contributed by atoms with van der Waals surface area (Å²) < 4.78 is 12.6. The number of thiazole rings is 1. The van der Waals surface area contributed by atoms with Gasteiger partial charge in [0, 0.05) is 43.0 Å². The molecular weight excluding hydrogens is 462 g/mol. The Morgan fingerprint density at radius 1 is 1.15 bits per heavy atom. The minimum Gasteiger partial charge on any atom is -0.497 e. The van der Waals surface area contributed by atoms with Crippen LogP contribution >= 0.6 is 23.1 Å². The highest BCUT2D eigenvalue weighted by atomic mass is 32.2. The molecule has 178 valence electrons. The van der Waals surface area contributed by atoms with Crippen LogP contribution in [-0.2, 0) is 4.79 Å². The second-order valence-electron chi connectivity index (χ2n) is 7.42. The lowest BCUT2D eigenvalue weighted by Gasteiger charge is -2.15. The maximum absolute atomic E-state index is 13.2. The molecule has 11 heteroatoms. The minimum atomic E-state index is -0.234. The first-order valence-corrected chi connectivity index (χ1v) is 12.4. The summed E-state index contributed by atoms with van der Waals surface area (Å²) in [6.45, 7) is 9.54. The van der Waals surface area contributed by atoms with Crippen LogP contribution in [0.15, 0.2) is 28.2 Å². The quantitative estimate of drug-likeness (QED) is 0.335. The van der Waals surface area contributed by atoms with E-state index in [4.69, 9.17) is 9.47 Å². The van der Waals surface area contributed by atoms with Gasteiger partial charge in [-0.15, -0.1) is 0 Å². The van der Waals surface area contributed by atoms with Crippen LogP contribution in [0, 0.1) is 0 Å². The van der Waals surface area contributed by atoms with E-state index in [0.29, 0.717) is 32.7 Å². The first kappa shape index (κ1) is 24.8. The molecule has 0 atom stereocenters. The molecule has 3 rings (SSSR count). The molecule has 0 saturated carbocycles. The molecular formula is C22H29N5O4S2. The molecule has 0 fully saturated rings. The van der Waals surface area contributed by atoms with E-state index in [1.54, 1.807) is 37.0 Å². The summed E-state index contributed by atoms with van der Waals surface area (Å²) >= 11 is 2.57. The van der Waals surface area contributed by atoms with E-state index in [-0.39, 0.29) is 23.3 Å². The molecule has 0 bridgehead atoms. The van der Waals surface area contributed by atoms with Crippen LogP contribution in [0.25, 0.3) is 10.3 Å². The first-order valence-electron chi connectivity index (χ1n) is 10.6. The summed E-state index contributed by atoms with van der Waals surface area (Å²) in [5.41, 5.74) is 0.848. The smallest absolute Gasteiger partial charge is 0.274 e. The molecule has 0 unspecified atom stereocenters. The van der Waals surface area contributed by atoms with Crippen LogP contribution in [0.2, 0.25) is 0 Å². The zero-order valence-corrected chi connectivity index (χ0v) is 21.3. The van der Waals surface area contributed by atoms with E-state index in [0.717, 1.165) is 18.2 Å². The number of fused-ring (bicyclic) bond motifs is 1. The van der Waals surface area contributed by atoms with Crippen molar-refractivity contribution in [3.63, 3.8) is 0 Å². The van der Waals surface area contributed by atoms with Gasteiger partial charge in [-0.2, -0.15) is 4.98 Å². The number of anilines is 2. The normalized spacial score (nSPS) is 11.1. The van der Waals surface area contributed by atoms with Crippen LogP contribution in [-0.4, -0.2) is 53.5 Å². The largest absolute Gasteiger partial charge is 0.497 e. The Kier molecular flexibility index (Phi) is 8.20. The van der Waals surface area contributed by atoms with Crippen molar-refractivity contribution < 1.29 is 14.3 Å². The summed E-state index contributed by atoms with van der Waals surface area (Å²) in [6, 6.07) is 5.04. The molecule has 9 nitrogen and oxygen atoms in total. The molecule has 0 aliphatic heterocycles. The number of hydrogen-bond donors (Lipinski definition) is 1. The topological polar surface area (TPSA) is 98.6 Å². The van der Waals surface area contributed by atoms with Crippen LogP contribution in [0.5, 0.6) is 11.5 Å². The van der Waals surface area contributed by atoms with Crippen LogP contribution in [0.1, 0.15) is 33.7 Å². The predicted molar refractivity (Wildman–Crippen MR) is 135 cm³/mol. The number of rotatable bonds is 10. The van der Waals surface area contributed by atoms with E-state index >= 15 is 0 Å². The minimum absolute atomic E-state index is 0.0806. The molecule has 0 aliphatic rings. The van der Waals surface area contributed by atoms with Gasteiger partial charge in [-0.05, 0) is 27.7 Å². The van der Waals surface area contributed by atoms with Crippen LogP contribution < -0.4 is 25.2 Å². The molecule has 2 aromatic heterocycles. The monoisotopic (exact) mass is 491 g/mol. The van der Waals surface area contributed by atoms with Gasteiger partial charge >= 0.3 is 0 Å². The Balaban J connectivity index is 1.85. The van der Waals surface area contributed by atoms with Crippen molar-refractivity contribution in [2.45, 2.75) is 38.9 Å². The molecule has 0 aliphatic carbocycles. The fourth-order valence-electron chi connectivity index (χ4n) is 3.25. The SMILES string of the molecule is CCN(CC)c1nc2nc(SCC(=O)Nc3cc(OC)cc(OC)c3)n(C(C)C)c(=O)c2s1. The summed E-state index contributed by atoms with van der Waals surface area (Å²) in [6.07, 6.45) is 0. The lowest BCUT2D eigenvalue weighted by molar-refractivity contribution is -0.113. The van der Waals surface area contributed by atoms with Crippen molar-refractivity contribution in [1.82, 2.24) is 14.5 Å². The first-order chi connectivity index (χ1) is 15.8. The van der Waals surface area contributed by atoms with Gasteiger partial charge in [-0.25, -0.2) is 4.98 Å². The van der Waals surface area contributed by atoms with Crippen molar-refractivity contribution in [2.24, 2.45) is 0 Å². The van der Waals surface area contributed by atoms with Gasteiger partial charge in [0.05, 0.1) is 20.0 Å². The van der Waals surface area contributed by atoms with Crippen molar-refractivity contribution >= 4 is 50.2 Å². The molecule has 1 aromatic carbocycles. The highest BCUT2D eigenvalue weighted by molar-refractivity contribution is 7.99. The number of nitrogens with zero attached hydrogens (tertiary/aromatic N) is 4. The zero-order chi connectivity index (χ0) is 24.1. The lowest BCUT2D eigenvalue weighted by Crippen LogP contribution is -2.25. The van der Waals surface area contributed by atoms with Crippen LogP contribution in [0.4, 0.5) is 10.8 Å². The number of amides is 1. The number of benzene rings is 1. The molecule has 0 saturated heterocycles. The highest BCUT2D eigenvalue weighted by Crippen LogP contribution is 2.29. The van der Waals surface area contributed by atoms with Crippen LogP contribution in [0.3, 0.4) is 0 Å². The zero-order valence-electron chi connectivity index (χ0n) is 19.7. The number of carbonyl (C=O) groups is 1. The molecule has 0 radical (unpaired) electrons. The second-order valence-corrected chi connectivity index (χ2v) is 9.34. The molecule has 1 N–H and O–H groups in total. The molecule has 2 heterocycles. The fourth-order valence-corrected chi connectivity index (χ4v) is 5.24. The Labute approximate surface area is 201 Å². The van der Waals surface area contributed by atoms with Gasteiger partial charge in [-0.1, -0.05) is 23.1 Å². The number of carbonyl (C=O) groups excluding carboxylic acids is 1. The summed E-state index contributed by atoms with van der Waals surface area (Å²) in [5.74, 6) is 0.996.